The Bertz CT molecular complexity index is 1190. The van der Waals surface area contributed by atoms with Crippen LogP contribution in [0.15, 0.2) is 53.3 Å². The summed E-state index contributed by atoms with van der Waals surface area (Å²) < 4.78 is 7.20. The maximum Gasteiger partial charge on any atom is 0.274 e. The van der Waals surface area contributed by atoms with Gasteiger partial charge in [-0.25, -0.2) is 4.98 Å². The van der Waals surface area contributed by atoms with Crippen LogP contribution in [0.5, 0.6) is 0 Å². The summed E-state index contributed by atoms with van der Waals surface area (Å²) >= 11 is 0. The first-order valence-corrected chi connectivity index (χ1v) is 9.60. The Morgan fingerprint density at radius 3 is 3.10 bits per heavy atom. The third-order valence-corrected chi connectivity index (χ3v) is 5.19. The molecule has 1 atom stereocenters. The average molecular weight is 388 g/mol. The number of aromatic nitrogens is 4. The Balaban J connectivity index is 1.41. The lowest BCUT2D eigenvalue weighted by atomic mass is 10.1. The van der Waals surface area contributed by atoms with Crippen molar-refractivity contribution in [3.8, 4) is 11.4 Å². The Labute approximate surface area is 167 Å². The van der Waals surface area contributed by atoms with Gasteiger partial charge in [0, 0.05) is 17.4 Å². The van der Waals surface area contributed by atoms with Crippen LogP contribution in [0.3, 0.4) is 0 Å². The fourth-order valence-corrected chi connectivity index (χ4v) is 3.57. The highest BCUT2D eigenvalue weighted by Crippen LogP contribution is 2.27. The molecule has 1 amide bonds. The van der Waals surface area contributed by atoms with E-state index in [0.29, 0.717) is 23.1 Å². The minimum atomic E-state index is -0.229. The van der Waals surface area contributed by atoms with Gasteiger partial charge in [0.1, 0.15) is 11.3 Å². The van der Waals surface area contributed by atoms with E-state index in [2.05, 4.69) is 25.8 Å². The van der Waals surface area contributed by atoms with Gasteiger partial charge in [-0.15, -0.1) is 0 Å². The van der Waals surface area contributed by atoms with E-state index in [0.717, 1.165) is 36.2 Å². The standard InChI is InChI=1S/C21H20N6O2/c1-13-7-8-14(19-25-21(29-26-19)15-5-4-9-22-15)11-16(13)24-20(28)17-12-23-18-6-2-3-10-27(17)18/h2-3,6-8,10-12,15,22H,4-5,9H2,1H3,(H,24,28)/t15-/m0/s1. The highest BCUT2D eigenvalue weighted by molar-refractivity contribution is 6.04. The summed E-state index contributed by atoms with van der Waals surface area (Å²) in [4.78, 5) is 21.6. The van der Waals surface area contributed by atoms with E-state index >= 15 is 0 Å². The van der Waals surface area contributed by atoms with Crippen molar-refractivity contribution in [2.24, 2.45) is 0 Å². The summed E-state index contributed by atoms with van der Waals surface area (Å²) in [5.41, 5.74) is 3.63. The van der Waals surface area contributed by atoms with Crippen LogP contribution in [0.1, 0.15) is 40.8 Å². The minimum Gasteiger partial charge on any atom is -0.337 e. The second-order valence-electron chi connectivity index (χ2n) is 7.16. The quantitative estimate of drug-likeness (QED) is 0.556. The van der Waals surface area contributed by atoms with E-state index in [1.54, 1.807) is 10.6 Å². The predicted molar refractivity (Wildman–Crippen MR) is 108 cm³/mol. The lowest BCUT2D eigenvalue weighted by Crippen LogP contribution is -2.15. The minimum absolute atomic E-state index is 0.121. The Morgan fingerprint density at radius 1 is 1.31 bits per heavy atom. The maximum absolute atomic E-state index is 12.8. The summed E-state index contributed by atoms with van der Waals surface area (Å²) in [6, 6.07) is 11.5. The van der Waals surface area contributed by atoms with Gasteiger partial charge >= 0.3 is 0 Å². The van der Waals surface area contributed by atoms with Crippen LogP contribution >= 0.6 is 0 Å². The number of nitrogens with zero attached hydrogens (tertiary/aromatic N) is 4. The zero-order chi connectivity index (χ0) is 19.8. The van der Waals surface area contributed by atoms with Gasteiger partial charge in [-0.05, 0) is 50.1 Å². The molecular formula is C21H20N6O2. The number of fused-ring (bicyclic) bond motifs is 1. The second kappa shape index (κ2) is 7.14. The average Bonchev–Trinajstić information content (AvgIpc) is 3.49. The van der Waals surface area contributed by atoms with E-state index in [9.17, 15) is 4.79 Å². The van der Waals surface area contributed by atoms with E-state index < -0.39 is 0 Å². The molecule has 4 aromatic rings. The molecule has 2 N–H and O–H groups in total. The van der Waals surface area contributed by atoms with Gasteiger partial charge in [-0.1, -0.05) is 23.4 Å². The van der Waals surface area contributed by atoms with E-state index in [4.69, 9.17) is 4.52 Å². The van der Waals surface area contributed by atoms with Gasteiger partial charge in [-0.2, -0.15) is 4.98 Å². The highest BCUT2D eigenvalue weighted by Gasteiger charge is 2.23. The Hall–Kier alpha value is -3.52. The number of rotatable bonds is 4. The molecule has 0 saturated carbocycles. The molecule has 3 aromatic heterocycles. The van der Waals surface area contributed by atoms with Crippen molar-refractivity contribution in [3.05, 3.63) is 65.9 Å². The maximum atomic E-state index is 12.8. The number of hydrogen-bond acceptors (Lipinski definition) is 6. The molecule has 0 bridgehead atoms. The summed E-state index contributed by atoms with van der Waals surface area (Å²) in [7, 11) is 0. The van der Waals surface area contributed by atoms with Crippen molar-refractivity contribution >= 4 is 17.2 Å². The summed E-state index contributed by atoms with van der Waals surface area (Å²) in [6.07, 6.45) is 5.49. The lowest BCUT2D eigenvalue weighted by Gasteiger charge is -2.09. The fraction of sp³-hybridized carbons (Fsp3) is 0.238. The first-order chi connectivity index (χ1) is 14.2. The number of aryl methyl sites for hydroxylation is 1. The van der Waals surface area contributed by atoms with Crippen LogP contribution in [0.2, 0.25) is 0 Å². The highest BCUT2D eigenvalue weighted by atomic mass is 16.5. The van der Waals surface area contributed by atoms with Crippen molar-refractivity contribution < 1.29 is 9.32 Å². The zero-order valence-electron chi connectivity index (χ0n) is 15.9. The van der Waals surface area contributed by atoms with Crippen molar-refractivity contribution in [2.45, 2.75) is 25.8 Å². The van der Waals surface area contributed by atoms with Crippen LogP contribution in [-0.4, -0.2) is 32.0 Å². The third-order valence-electron chi connectivity index (χ3n) is 5.19. The number of carbonyl (C=O) groups excluding carboxylic acids is 1. The molecular weight excluding hydrogens is 368 g/mol. The van der Waals surface area contributed by atoms with Crippen molar-refractivity contribution in [1.82, 2.24) is 24.8 Å². The molecule has 1 saturated heterocycles. The molecule has 29 heavy (non-hydrogen) atoms. The molecule has 5 rings (SSSR count). The normalized spacial score (nSPS) is 16.4. The zero-order valence-corrected chi connectivity index (χ0v) is 15.9. The third kappa shape index (κ3) is 3.27. The summed E-state index contributed by atoms with van der Waals surface area (Å²) in [5, 5.41) is 10.5. The molecule has 0 radical (unpaired) electrons. The van der Waals surface area contributed by atoms with Gasteiger partial charge in [0.05, 0.1) is 12.2 Å². The van der Waals surface area contributed by atoms with Crippen molar-refractivity contribution in [3.63, 3.8) is 0 Å². The van der Waals surface area contributed by atoms with Gasteiger partial charge in [0.25, 0.3) is 5.91 Å². The number of nitrogens with one attached hydrogen (secondary N) is 2. The molecule has 8 nitrogen and oxygen atoms in total. The largest absolute Gasteiger partial charge is 0.337 e. The first kappa shape index (κ1) is 17.6. The summed E-state index contributed by atoms with van der Waals surface area (Å²) in [6.45, 7) is 2.91. The van der Waals surface area contributed by atoms with Gasteiger partial charge < -0.3 is 15.2 Å². The van der Waals surface area contributed by atoms with E-state index in [-0.39, 0.29) is 11.9 Å². The van der Waals surface area contributed by atoms with Crippen LogP contribution in [0.4, 0.5) is 5.69 Å². The number of anilines is 1. The first-order valence-electron chi connectivity index (χ1n) is 9.60. The lowest BCUT2D eigenvalue weighted by molar-refractivity contribution is 0.102. The number of benzene rings is 1. The summed E-state index contributed by atoms with van der Waals surface area (Å²) in [5.74, 6) is 0.890. The molecule has 0 aliphatic carbocycles. The topological polar surface area (TPSA) is 97.4 Å². The molecule has 0 spiro atoms. The molecule has 1 aliphatic heterocycles. The number of hydrogen-bond donors (Lipinski definition) is 2. The molecule has 1 fully saturated rings. The molecule has 1 aromatic carbocycles. The smallest absolute Gasteiger partial charge is 0.274 e. The van der Waals surface area contributed by atoms with Crippen molar-refractivity contribution in [2.75, 3.05) is 11.9 Å². The predicted octanol–water partition coefficient (Wildman–Crippen LogP) is 3.37. The molecule has 0 unspecified atom stereocenters. The van der Waals surface area contributed by atoms with E-state index in [1.807, 2.05) is 49.5 Å². The van der Waals surface area contributed by atoms with Gasteiger partial charge in [0.15, 0.2) is 0 Å². The number of amides is 1. The Morgan fingerprint density at radius 2 is 2.24 bits per heavy atom. The number of imidazole rings is 1. The van der Waals surface area contributed by atoms with Crippen molar-refractivity contribution in [1.29, 1.82) is 0 Å². The van der Waals surface area contributed by atoms with Crippen LogP contribution in [-0.2, 0) is 0 Å². The number of pyridine rings is 1. The molecule has 146 valence electrons. The van der Waals surface area contributed by atoms with Gasteiger partial charge in [0.2, 0.25) is 11.7 Å². The molecule has 1 aliphatic rings. The Kier molecular flexibility index (Phi) is 4.33. The van der Waals surface area contributed by atoms with Crippen LogP contribution < -0.4 is 10.6 Å². The second-order valence-corrected chi connectivity index (χ2v) is 7.16. The SMILES string of the molecule is Cc1ccc(-c2noc([C@@H]3CCCN3)n2)cc1NC(=O)c1cnc2ccccn12. The van der Waals surface area contributed by atoms with Crippen LogP contribution in [0, 0.1) is 6.92 Å². The van der Waals surface area contributed by atoms with E-state index in [1.165, 1.54) is 0 Å². The van der Waals surface area contributed by atoms with Crippen LogP contribution in [0.25, 0.3) is 17.0 Å². The number of carbonyl (C=O) groups is 1. The fourth-order valence-electron chi connectivity index (χ4n) is 3.57. The van der Waals surface area contributed by atoms with Gasteiger partial charge in [-0.3, -0.25) is 9.20 Å². The monoisotopic (exact) mass is 388 g/mol. The molecule has 4 heterocycles. The molecule has 8 heteroatoms.